The Morgan fingerprint density at radius 3 is 2.71 bits per heavy atom. The summed E-state index contributed by atoms with van der Waals surface area (Å²) in [5.41, 5.74) is 1.36. The lowest BCUT2D eigenvalue weighted by Crippen LogP contribution is -2.43. The van der Waals surface area contributed by atoms with Crippen LogP contribution in [-0.4, -0.2) is 35.7 Å². The Morgan fingerprint density at radius 2 is 2.05 bits per heavy atom. The number of benzene rings is 1. The van der Waals surface area contributed by atoms with Gasteiger partial charge in [-0.05, 0) is 32.0 Å². The molecule has 0 saturated heterocycles. The van der Waals surface area contributed by atoms with Crippen LogP contribution >= 0.6 is 0 Å². The van der Waals surface area contributed by atoms with Crippen molar-refractivity contribution in [1.82, 2.24) is 20.8 Å². The molecule has 1 heterocycles. The van der Waals surface area contributed by atoms with Gasteiger partial charge in [-0.2, -0.15) is 5.10 Å². The number of aromatic amines is 1. The van der Waals surface area contributed by atoms with Crippen molar-refractivity contribution in [3.8, 4) is 0 Å². The second kappa shape index (κ2) is 7.22. The molecule has 1 amide bonds. The van der Waals surface area contributed by atoms with Crippen LogP contribution in [0, 0.1) is 5.92 Å². The Bertz CT molecular complexity index is 593. The second-order valence-corrected chi connectivity index (χ2v) is 5.33. The zero-order chi connectivity index (χ0) is 15.2. The van der Waals surface area contributed by atoms with Crippen LogP contribution in [0.5, 0.6) is 0 Å². The number of amides is 1. The van der Waals surface area contributed by atoms with E-state index in [1.54, 1.807) is 0 Å². The maximum Gasteiger partial charge on any atom is 0.272 e. The first-order valence-electron chi connectivity index (χ1n) is 7.59. The van der Waals surface area contributed by atoms with Gasteiger partial charge >= 0.3 is 0 Å². The maximum absolute atomic E-state index is 12.5. The molecule has 1 aromatic heterocycles. The molecule has 2 rings (SSSR count). The fourth-order valence-electron chi connectivity index (χ4n) is 2.76. The summed E-state index contributed by atoms with van der Waals surface area (Å²) < 4.78 is 0. The summed E-state index contributed by atoms with van der Waals surface area (Å²) in [4.78, 5) is 12.5. The molecule has 2 aromatic rings. The van der Waals surface area contributed by atoms with Crippen LogP contribution in [0.3, 0.4) is 0 Å². The fraction of sp³-hybridized carbons (Fsp3) is 0.500. The van der Waals surface area contributed by atoms with Gasteiger partial charge < -0.3 is 10.6 Å². The quantitative estimate of drug-likeness (QED) is 0.732. The van der Waals surface area contributed by atoms with E-state index in [9.17, 15) is 4.79 Å². The summed E-state index contributed by atoms with van der Waals surface area (Å²) in [7, 11) is 1.94. The molecule has 114 valence electrons. The normalized spacial score (nSPS) is 14.0. The van der Waals surface area contributed by atoms with Gasteiger partial charge in [0.15, 0.2) is 5.69 Å². The predicted octanol–water partition coefficient (Wildman–Crippen LogP) is 2.32. The van der Waals surface area contributed by atoms with E-state index >= 15 is 0 Å². The molecule has 2 atom stereocenters. The number of hydrogen-bond acceptors (Lipinski definition) is 3. The van der Waals surface area contributed by atoms with Crippen LogP contribution in [0.1, 0.15) is 37.2 Å². The number of carbonyl (C=O) groups is 1. The van der Waals surface area contributed by atoms with Gasteiger partial charge in [0.1, 0.15) is 0 Å². The lowest BCUT2D eigenvalue weighted by molar-refractivity contribution is 0.0915. The van der Waals surface area contributed by atoms with Crippen molar-refractivity contribution < 1.29 is 4.79 Å². The summed E-state index contributed by atoms with van der Waals surface area (Å²) >= 11 is 0. The van der Waals surface area contributed by atoms with Gasteiger partial charge in [0, 0.05) is 11.4 Å². The Kier molecular flexibility index (Phi) is 5.33. The first-order chi connectivity index (χ1) is 10.2. The van der Waals surface area contributed by atoms with E-state index in [4.69, 9.17) is 0 Å². The van der Waals surface area contributed by atoms with Crippen LogP contribution in [0.4, 0.5) is 0 Å². The molecule has 2 unspecified atom stereocenters. The summed E-state index contributed by atoms with van der Waals surface area (Å²) in [6, 6.07) is 7.84. The van der Waals surface area contributed by atoms with E-state index < -0.39 is 0 Å². The van der Waals surface area contributed by atoms with Crippen LogP contribution in [0.2, 0.25) is 0 Å². The highest BCUT2D eigenvalue weighted by atomic mass is 16.2. The molecule has 0 aliphatic heterocycles. The minimum absolute atomic E-state index is 0.103. The number of carbonyl (C=O) groups excluding carboxylic acids is 1. The van der Waals surface area contributed by atoms with E-state index in [1.165, 1.54) is 0 Å². The smallest absolute Gasteiger partial charge is 0.272 e. The maximum atomic E-state index is 12.5. The summed E-state index contributed by atoms with van der Waals surface area (Å²) in [6.45, 7) is 5.16. The van der Waals surface area contributed by atoms with E-state index in [2.05, 4.69) is 34.7 Å². The third kappa shape index (κ3) is 3.42. The Labute approximate surface area is 125 Å². The number of nitrogens with zero attached hydrogens (tertiary/aromatic N) is 1. The van der Waals surface area contributed by atoms with Gasteiger partial charge in [0.05, 0.1) is 5.52 Å². The Hall–Kier alpha value is -1.88. The van der Waals surface area contributed by atoms with Gasteiger partial charge in [-0.1, -0.05) is 38.5 Å². The van der Waals surface area contributed by atoms with Crippen LogP contribution < -0.4 is 10.6 Å². The second-order valence-electron chi connectivity index (χ2n) is 5.33. The fourth-order valence-corrected chi connectivity index (χ4v) is 2.76. The average molecular weight is 288 g/mol. The van der Waals surface area contributed by atoms with Gasteiger partial charge in [0.25, 0.3) is 5.91 Å². The molecule has 0 fully saturated rings. The lowest BCUT2D eigenvalue weighted by Gasteiger charge is -2.25. The standard InChI is InChI=1S/C16H24N4O/c1-4-11(10-17-3)13(5-2)18-16(21)15-12-8-6-7-9-14(12)19-20-15/h6-9,11,13,17H,4-5,10H2,1-3H3,(H,18,21)(H,19,20). The zero-order valence-corrected chi connectivity index (χ0v) is 12.9. The number of fused-ring (bicyclic) bond motifs is 1. The van der Waals surface area contributed by atoms with Gasteiger partial charge in [-0.25, -0.2) is 0 Å². The molecule has 0 aliphatic carbocycles. The van der Waals surface area contributed by atoms with Gasteiger partial charge in [-0.15, -0.1) is 0 Å². The Balaban J connectivity index is 2.15. The van der Waals surface area contributed by atoms with E-state index in [1.807, 2.05) is 31.3 Å². The van der Waals surface area contributed by atoms with Crippen LogP contribution in [0.25, 0.3) is 10.9 Å². The predicted molar refractivity (Wildman–Crippen MR) is 85.3 cm³/mol. The highest BCUT2D eigenvalue weighted by Crippen LogP contribution is 2.17. The number of aromatic nitrogens is 2. The minimum atomic E-state index is -0.103. The zero-order valence-electron chi connectivity index (χ0n) is 12.9. The largest absolute Gasteiger partial charge is 0.348 e. The van der Waals surface area contributed by atoms with E-state index in [0.29, 0.717) is 11.6 Å². The molecule has 0 spiro atoms. The Morgan fingerprint density at radius 1 is 1.29 bits per heavy atom. The van der Waals surface area contributed by atoms with Crippen molar-refractivity contribution in [3.63, 3.8) is 0 Å². The molecule has 5 nitrogen and oxygen atoms in total. The van der Waals surface area contributed by atoms with Gasteiger partial charge in [0.2, 0.25) is 0 Å². The molecule has 21 heavy (non-hydrogen) atoms. The molecular weight excluding hydrogens is 264 g/mol. The highest BCUT2D eigenvalue weighted by molar-refractivity contribution is 6.04. The summed E-state index contributed by atoms with van der Waals surface area (Å²) in [5, 5.41) is 14.3. The topological polar surface area (TPSA) is 69.8 Å². The molecule has 0 aliphatic rings. The number of rotatable bonds is 7. The summed E-state index contributed by atoms with van der Waals surface area (Å²) in [5.74, 6) is 0.322. The monoisotopic (exact) mass is 288 g/mol. The van der Waals surface area contributed by atoms with Crippen molar-refractivity contribution in [2.75, 3.05) is 13.6 Å². The number of hydrogen-bond donors (Lipinski definition) is 3. The SMILES string of the molecule is CCC(CNC)C(CC)NC(=O)c1n[nH]c2ccccc12. The molecule has 1 aromatic carbocycles. The first kappa shape index (κ1) is 15.5. The molecule has 3 N–H and O–H groups in total. The van der Waals surface area contributed by atoms with E-state index in [0.717, 1.165) is 30.3 Å². The molecular formula is C16H24N4O. The minimum Gasteiger partial charge on any atom is -0.348 e. The third-order valence-electron chi connectivity index (χ3n) is 4.00. The van der Waals surface area contributed by atoms with Crippen LogP contribution in [-0.2, 0) is 0 Å². The molecule has 0 bridgehead atoms. The number of H-pyrrole nitrogens is 1. The van der Waals surface area contributed by atoms with E-state index in [-0.39, 0.29) is 11.9 Å². The van der Waals surface area contributed by atoms with Crippen molar-refractivity contribution in [2.24, 2.45) is 5.92 Å². The summed E-state index contributed by atoms with van der Waals surface area (Å²) in [6.07, 6.45) is 1.94. The highest BCUT2D eigenvalue weighted by Gasteiger charge is 2.22. The van der Waals surface area contributed by atoms with Crippen molar-refractivity contribution in [3.05, 3.63) is 30.0 Å². The first-order valence-corrected chi connectivity index (χ1v) is 7.59. The average Bonchev–Trinajstić information content (AvgIpc) is 2.94. The third-order valence-corrected chi connectivity index (χ3v) is 4.00. The van der Waals surface area contributed by atoms with Crippen LogP contribution in [0.15, 0.2) is 24.3 Å². The lowest BCUT2D eigenvalue weighted by atomic mass is 9.94. The number of para-hydroxylation sites is 1. The van der Waals surface area contributed by atoms with Crippen molar-refractivity contribution >= 4 is 16.8 Å². The molecule has 0 radical (unpaired) electrons. The molecule has 5 heteroatoms. The molecule has 0 saturated carbocycles. The van der Waals surface area contributed by atoms with Crippen molar-refractivity contribution in [1.29, 1.82) is 0 Å². The number of nitrogens with one attached hydrogen (secondary N) is 3. The van der Waals surface area contributed by atoms with Gasteiger partial charge in [-0.3, -0.25) is 9.89 Å². The van der Waals surface area contributed by atoms with Crippen molar-refractivity contribution in [2.45, 2.75) is 32.7 Å².